The minimum Gasteiger partial charge on any atom is -0.376 e. The number of aromatic nitrogens is 3. The second-order valence-corrected chi connectivity index (χ2v) is 8.65. The Hall–Kier alpha value is -2.10. The predicted molar refractivity (Wildman–Crippen MR) is 114 cm³/mol. The number of nitrogens with zero attached hydrogens (tertiary/aromatic N) is 4. The Morgan fingerprint density at radius 3 is 2.83 bits per heavy atom. The van der Waals surface area contributed by atoms with E-state index in [-0.39, 0.29) is 18.4 Å². The number of hydrogen-bond donors (Lipinski definition) is 0. The molecule has 0 radical (unpaired) electrons. The van der Waals surface area contributed by atoms with Crippen LogP contribution in [0.15, 0.2) is 38.6 Å². The maximum Gasteiger partial charge on any atom is 0.229 e. The highest BCUT2D eigenvalue weighted by atomic mass is 79.9. The van der Waals surface area contributed by atoms with Crippen LogP contribution in [-0.4, -0.2) is 40.3 Å². The van der Waals surface area contributed by atoms with Crippen LogP contribution in [0.5, 0.6) is 0 Å². The molecule has 1 saturated heterocycles. The molecule has 1 aliphatic rings. The molecule has 152 valence electrons. The second kappa shape index (κ2) is 9.15. The first-order valence-electron chi connectivity index (χ1n) is 9.51. The second-order valence-electron chi connectivity index (χ2n) is 6.90. The van der Waals surface area contributed by atoms with Crippen molar-refractivity contribution >= 4 is 38.3 Å². The van der Waals surface area contributed by atoms with E-state index in [1.165, 1.54) is 11.3 Å². The van der Waals surface area contributed by atoms with Crippen LogP contribution in [0.3, 0.4) is 0 Å². The lowest BCUT2D eigenvalue weighted by Crippen LogP contribution is -2.37. The molecule has 1 aliphatic heterocycles. The van der Waals surface area contributed by atoms with Gasteiger partial charge in [0.25, 0.3) is 0 Å². The molecule has 1 atom stereocenters. The van der Waals surface area contributed by atoms with E-state index >= 15 is 0 Å². The molecule has 4 rings (SSSR count). The third-order valence-corrected chi connectivity index (χ3v) is 6.09. The molecule has 7 nitrogen and oxygen atoms in total. The number of aryl methyl sites for hydroxylation is 2. The van der Waals surface area contributed by atoms with Gasteiger partial charge in [0.2, 0.25) is 11.8 Å². The Balaban J connectivity index is 1.51. The van der Waals surface area contributed by atoms with Crippen molar-refractivity contribution in [1.82, 2.24) is 15.1 Å². The van der Waals surface area contributed by atoms with Gasteiger partial charge in [0.15, 0.2) is 11.0 Å². The van der Waals surface area contributed by atoms with E-state index in [9.17, 15) is 4.79 Å². The summed E-state index contributed by atoms with van der Waals surface area (Å²) in [6.07, 6.45) is 2.71. The van der Waals surface area contributed by atoms with Gasteiger partial charge in [-0.2, -0.15) is 4.98 Å². The SMILES string of the molecule is Cc1noc(CCC(=O)N(CC2CCCO2)c2nc(-c3ccc(Br)cc3)cs2)n1. The molecular weight excluding hydrogens is 456 g/mol. The number of benzene rings is 1. The molecule has 2 aromatic heterocycles. The van der Waals surface area contributed by atoms with Crippen LogP contribution in [0.4, 0.5) is 5.13 Å². The molecule has 0 aliphatic carbocycles. The van der Waals surface area contributed by atoms with E-state index in [0.717, 1.165) is 35.2 Å². The largest absolute Gasteiger partial charge is 0.376 e. The van der Waals surface area contributed by atoms with Crippen molar-refractivity contribution in [3.05, 3.63) is 45.8 Å². The summed E-state index contributed by atoms with van der Waals surface area (Å²) in [5, 5.41) is 6.45. The van der Waals surface area contributed by atoms with Gasteiger partial charge >= 0.3 is 0 Å². The summed E-state index contributed by atoms with van der Waals surface area (Å²) >= 11 is 4.92. The average molecular weight is 477 g/mol. The van der Waals surface area contributed by atoms with Crippen molar-refractivity contribution in [2.75, 3.05) is 18.1 Å². The molecule has 0 N–H and O–H groups in total. The van der Waals surface area contributed by atoms with E-state index < -0.39 is 0 Å². The first-order valence-corrected chi connectivity index (χ1v) is 11.2. The van der Waals surface area contributed by atoms with Gasteiger partial charge in [-0.05, 0) is 31.9 Å². The van der Waals surface area contributed by atoms with Crippen LogP contribution in [0.25, 0.3) is 11.3 Å². The summed E-state index contributed by atoms with van der Waals surface area (Å²) < 4.78 is 11.9. The maximum atomic E-state index is 13.0. The predicted octanol–water partition coefficient (Wildman–Crippen LogP) is 4.41. The molecule has 29 heavy (non-hydrogen) atoms. The third-order valence-electron chi connectivity index (χ3n) is 4.70. The number of carbonyl (C=O) groups excluding carboxylic acids is 1. The number of thiazole rings is 1. The van der Waals surface area contributed by atoms with Gasteiger partial charge < -0.3 is 9.26 Å². The van der Waals surface area contributed by atoms with E-state index in [0.29, 0.717) is 29.8 Å². The average Bonchev–Trinajstić information content (AvgIpc) is 3.47. The van der Waals surface area contributed by atoms with Crippen molar-refractivity contribution < 1.29 is 14.1 Å². The van der Waals surface area contributed by atoms with Gasteiger partial charge in [-0.3, -0.25) is 9.69 Å². The number of rotatable bonds is 7. The van der Waals surface area contributed by atoms with Crippen LogP contribution in [0, 0.1) is 6.92 Å². The quantitative estimate of drug-likeness (QED) is 0.502. The molecule has 3 heterocycles. The van der Waals surface area contributed by atoms with E-state index in [4.69, 9.17) is 14.2 Å². The fourth-order valence-electron chi connectivity index (χ4n) is 3.21. The fraction of sp³-hybridized carbons (Fsp3) is 0.400. The molecule has 9 heteroatoms. The Labute approximate surface area is 181 Å². The number of halogens is 1. The van der Waals surface area contributed by atoms with Crippen molar-refractivity contribution in [3.63, 3.8) is 0 Å². The van der Waals surface area contributed by atoms with Crippen molar-refractivity contribution in [2.45, 2.75) is 38.7 Å². The summed E-state index contributed by atoms with van der Waals surface area (Å²) in [5.41, 5.74) is 1.87. The van der Waals surface area contributed by atoms with E-state index in [1.54, 1.807) is 11.8 Å². The van der Waals surface area contributed by atoms with Crippen LogP contribution < -0.4 is 4.90 Å². The summed E-state index contributed by atoms with van der Waals surface area (Å²) in [7, 11) is 0. The van der Waals surface area contributed by atoms with Gasteiger partial charge in [-0.1, -0.05) is 33.2 Å². The third kappa shape index (κ3) is 5.09. The van der Waals surface area contributed by atoms with Gasteiger partial charge in [-0.15, -0.1) is 11.3 Å². The van der Waals surface area contributed by atoms with Gasteiger partial charge in [0.05, 0.1) is 18.3 Å². The standard InChI is InChI=1S/C20H21BrN4O3S/c1-13-22-18(28-24-13)8-9-19(26)25(11-16-3-2-10-27-16)20-23-17(12-29-20)14-4-6-15(21)7-5-14/h4-7,12,16H,2-3,8-11H2,1H3. The molecule has 0 spiro atoms. The Morgan fingerprint density at radius 1 is 1.31 bits per heavy atom. The Kier molecular flexibility index (Phi) is 6.37. The van der Waals surface area contributed by atoms with E-state index in [1.807, 2.05) is 29.6 Å². The number of amides is 1. The van der Waals surface area contributed by atoms with Crippen LogP contribution in [0.2, 0.25) is 0 Å². The molecule has 1 fully saturated rings. The van der Waals surface area contributed by atoms with Crippen LogP contribution in [-0.2, 0) is 16.0 Å². The lowest BCUT2D eigenvalue weighted by Gasteiger charge is -2.23. The summed E-state index contributed by atoms with van der Waals surface area (Å²) in [5.74, 6) is 1.03. The van der Waals surface area contributed by atoms with Gasteiger partial charge in [-0.25, -0.2) is 4.98 Å². The van der Waals surface area contributed by atoms with Crippen molar-refractivity contribution in [3.8, 4) is 11.3 Å². The summed E-state index contributed by atoms with van der Waals surface area (Å²) in [4.78, 5) is 23.7. The molecular formula is C20H21BrN4O3S. The highest BCUT2D eigenvalue weighted by Crippen LogP contribution is 2.30. The lowest BCUT2D eigenvalue weighted by molar-refractivity contribution is -0.119. The molecule has 0 bridgehead atoms. The Morgan fingerprint density at radius 2 is 2.14 bits per heavy atom. The van der Waals surface area contributed by atoms with Crippen molar-refractivity contribution in [1.29, 1.82) is 0 Å². The highest BCUT2D eigenvalue weighted by Gasteiger charge is 2.26. The maximum absolute atomic E-state index is 13.0. The molecule has 1 amide bonds. The zero-order valence-corrected chi connectivity index (χ0v) is 18.4. The molecule has 1 unspecified atom stereocenters. The van der Waals surface area contributed by atoms with Crippen molar-refractivity contribution in [2.24, 2.45) is 0 Å². The number of ether oxygens (including phenoxy) is 1. The number of anilines is 1. The van der Waals surface area contributed by atoms with E-state index in [2.05, 4.69) is 26.1 Å². The molecule has 3 aromatic rings. The lowest BCUT2D eigenvalue weighted by atomic mass is 10.2. The first kappa shape index (κ1) is 20.2. The van der Waals surface area contributed by atoms with Gasteiger partial charge in [0, 0.05) is 34.9 Å². The smallest absolute Gasteiger partial charge is 0.229 e. The highest BCUT2D eigenvalue weighted by molar-refractivity contribution is 9.10. The number of carbonyl (C=O) groups is 1. The number of hydrogen-bond acceptors (Lipinski definition) is 7. The first-order chi connectivity index (χ1) is 14.1. The minimum atomic E-state index is -0.0203. The van der Waals surface area contributed by atoms with Crippen LogP contribution in [0.1, 0.15) is 31.0 Å². The normalized spacial score (nSPS) is 16.3. The zero-order valence-electron chi connectivity index (χ0n) is 16.0. The summed E-state index contributed by atoms with van der Waals surface area (Å²) in [6, 6.07) is 7.98. The van der Waals surface area contributed by atoms with Crippen LogP contribution >= 0.6 is 27.3 Å². The summed E-state index contributed by atoms with van der Waals surface area (Å²) in [6.45, 7) is 3.02. The zero-order chi connectivity index (χ0) is 20.2. The Bertz CT molecular complexity index is 966. The topological polar surface area (TPSA) is 81.4 Å². The molecule has 1 aromatic carbocycles. The monoisotopic (exact) mass is 476 g/mol. The molecule has 0 saturated carbocycles. The fourth-order valence-corrected chi connectivity index (χ4v) is 4.34. The minimum absolute atomic E-state index is 0.0203. The van der Waals surface area contributed by atoms with Gasteiger partial charge in [0.1, 0.15) is 0 Å².